The number of amides is 1. The number of phenolic OH excluding ortho intramolecular Hbond substituents is 1. The number of hydrogen-bond acceptors (Lipinski definition) is 7. The van der Waals surface area contributed by atoms with Gasteiger partial charge in [0.2, 0.25) is 0 Å². The largest absolute Gasteiger partial charge is 0.508 e. The lowest BCUT2D eigenvalue weighted by molar-refractivity contribution is 0.102. The van der Waals surface area contributed by atoms with Gasteiger partial charge in [-0.1, -0.05) is 23.4 Å². The van der Waals surface area contributed by atoms with E-state index in [0.717, 1.165) is 5.69 Å². The zero-order chi connectivity index (χ0) is 21.1. The molecule has 0 unspecified atom stereocenters. The molecule has 1 amide bonds. The molecule has 0 aliphatic carbocycles. The third-order valence-electron chi connectivity index (χ3n) is 4.42. The van der Waals surface area contributed by atoms with Crippen LogP contribution in [0.25, 0.3) is 17.1 Å². The van der Waals surface area contributed by atoms with E-state index < -0.39 is 5.91 Å². The van der Waals surface area contributed by atoms with Crippen molar-refractivity contribution in [3.63, 3.8) is 0 Å². The van der Waals surface area contributed by atoms with Gasteiger partial charge in [0, 0.05) is 11.6 Å². The molecule has 0 saturated heterocycles. The molecule has 2 aromatic carbocycles. The Labute approximate surface area is 172 Å². The number of aromatic hydroxyl groups is 1. The first-order chi connectivity index (χ1) is 14.5. The lowest BCUT2D eigenvalue weighted by Gasteiger charge is -2.07. The number of carbonyl (C=O) groups excluding carboxylic acids is 1. The van der Waals surface area contributed by atoms with Crippen molar-refractivity contribution in [3.05, 3.63) is 72.3 Å². The molecule has 2 N–H and O–H groups in total. The van der Waals surface area contributed by atoms with Gasteiger partial charge in [-0.15, -0.1) is 5.10 Å². The van der Waals surface area contributed by atoms with Crippen molar-refractivity contribution in [3.8, 4) is 28.6 Å². The first-order valence-electron chi connectivity index (χ1n) is 9.04. The van der Waals surface area contributed by atoms with Gasteiger partial charge in [0.15, 0.2) is 11.5 Å². The van der Waals surface area contributed by atoms with Gasteiger partial charge in [-0.3, -0.25) is 4.79 Å². The molecule has 0 aliphatic heterocycles. The standard InChI is InChI=1S/C21H18N6O3/c1-13-19(25-26-27(13)16-6-4-8-18(10-16)30-2)21(29)24-15-11-22-20(23-12-15)14-5-3-7-17(28)9-14/h3-12,28H,1-2H3,(H,24,29). The average Bonchev–Trinajstić information content (AvgIpc) is 3.16. The van der Waals surface area contributed by atoms with E-state index in [4.69, 9.17) is 4.74 Å². The van der Waals surface area contributed by atoms with Gasteiger partial charge in [0.05, 0.1) is 36.6 Å². The lowest BCUT2D eigenvalue weighted by Crippen LogP contribution is -2.14. The maximum atomic E-state index is 12.7. The number of anilines is 1. The number of methoxy groups -OCH3 is 1. The minimum Gasteiger partial charge on any atom is -0.508 e. The van der Waals surface area contributed by atoms with E-state index in [2.05, 4.69) is 25.6 Å². The van der Waals surface area contributed by atoms with Gasteiger partial charge in [-0.2, -0.15) is 0 Å². The normalized spacial score (nSPS) is 10.6. The Bertz CT molecular complexity index is 1200. The van der Waals surface area contributed by atoms with E-state index in [1.54, 1.807) is 49.0 Å². The summed E-state index contributed by atoms with van der Waals surface area (Å²) in [5, 5.41) is 20.4. The Kier molecular flexibility index (Phi) is 5.08. The molecule has 0 spiro atoms. The number of rotatable bonds is 5. The quantitative estimate of drug-likeness (QED) is 0.527. The van der Waals surface area contributed by atoms with Crippen LogP contribution in [0.15, 0.2) is 60.9 Å². The number of hydrogen-bond donors (Lipinski definition) is 2. The van der Waals surface area contributed by atoms with Crippen LogP contribution in [0.1, 0.15) is 16.2 Å². The second-order valence-electron chi connectivity index (χ2n) is 6.44. The van der Waals surface area contributed by atoms with E-state index in [9.17, 15) is 9.90 Å². The van der Waals surface area contributed by atoms with Crippen LogP contribution in [-0.4, -0.2) is 43.1 Å². The summed E-state index contributed by atoms with van der Waals surface area (Å²) in [5.74, 6) is 0.819. The van der Waals surface area contributed by atoms with Crippen molar-refractivity contribution in [1.82, 2.24) is 25.0 Å². The van der Waals surface area contributed by atoms with Gasteiger partial charge in [0.25, 0.3) is 5.91 Å². The fourth-order valence-electron chi connectivity index (χ4n) is 2.90. The van der Waals surface area contributed by atoms with Crippen LogP contribution in [0.2, 0.25) is 0 Å². The average molecular weight is 402 g/mol. The third-order valence-corrected chi connectivity index (χ3v) is 4.42. The topological polar surface area (TPSA) is 115 Å². The minimum atomic E-state index is -0.421. The predicted molar refractivity (Wildman–Crippen MR) is 110 cm³/mol. The molecule has 2 aromatic heterocycles. The highest BCUT2D eigenvalue weighted by atomic mass is 16.5. The molecule has 150 valence electrons. The summed E-state index contributed by atoms with van der Waals surface area (Å²) in [4.78, 5) is 21.1. The van der Waals surface area contributed by atoms with Gasteiger partial charge in [0.1, 0.15) is 11.5 Å². The van der Waals surface area contributed by atoms with Crippen LogP contribution in [0, 0.1) is 6.92 Å². The summed E-state index contributed by atoms with van der Waals surface area (Å²) in [6.07, 6.45) is 2.98. The number of phenols is 1. The van der Waals surface area contributed by atoms with Crippen LogP contribution in [0.3, 0.4) is 0 Å². The van der Waals surface area contributed by atoms with E-state index in [0.29, 0.717) is 28.5 Å². The minimum absolute atomic E-state index is 0.128. The number of carbonyl (C=O) groups is 1. The molecule has 4 aromatic rings. The van der Waals surface area contributed by atoms with Crippen molar-refractivity contribution < 1.29 is 14.6 Å². The number of benzene rings is 2. The molecule has 9 heteroatoms. The highest BCUT2D eigenvalue weighted by molar-refractivity contribution is 6.03. The number of aromatic nitrogens is 5. The number of ether oxygens (including phenoxy) is 1. The molecule has 0 saturated carbocycles. The molecular formula is C21H18N6O3. The number of nitrogens with one attached hydrogen (secondary N) is 1. The summed E-state index contributed by atoms with van der Waals surface area (Å²) in [6, 6.07) is 13.9. The Morgan fingerprint density at radius 1 is 1.10 bits per heavy atom. The zero-order valence-electron chi connectivity index (χ0n) is 16.3. The maximum absolute atomic E-state index is 12.7. The molecule has 0 aliphatic rings. The molecule has 0 bridgehead atoms. The van der Waals surface area contributed by atoms with Crippen LogP contribution >= 0.6 is 0 Å². The summed E-state index contributed by atoms with van der Waals surface area (Å²) in [6.45, 7) is 1.76. The molecule has 9 nitrogen and oxygen atoms in total. The van der Waals surface area contributed by atoms with E-state index >= 15 is 0 Å². The first kappa shape index (κ1) is 19.1. The van der Waals surface area contributed by atoms with Crippen molar-refractivity contribution in [2.45, 2.75) is 6.92 Å². The Morgan fingerprint density at radius 3 is 2.60 bits per heavy atom. The molecule has 0 fully saturated rings. The van der Waals surface area contributed by atoms with Crippen molar-refractivity contribution >= 4 is 11.6 Å². The molecular weight excluding hydrogens is 384 g/mol. The Morgan fingerprint density at radius 2 is 1.87 bits per heavy atom. The smallest absolute Gasteiger partial charge is 0.278 e. The van der Waals surface area contributed by atoms with Crippen molar-refractivity contribution in [2.24, 2.45) is 0 Å². The van der Waals surface area contributed by atoms with Gasteiger partial charge >= 0.3 is 0 Å². The fraction of sp³-hybridized carbons (Fsp3) is 0.0952. The second kappa shape index (κ2) is 8.00. The van der Waals surface area contributed by atoms with Crippen LogP contribution in [-0.2, 0) is 0 Å². The number of nitrogens with zero attached hydrogens (tertiary/aromatic N) is 5. The summed E-state index contributed by atoms with van der Waals surface area (Å²) in [5.41, 5.74) is 2.59. The molecule has 2 heterocycles. The fourth-order valence-corrected chi connectivity index (χ4v) is 2.90. The Balaban J connectivity index is 1.52. The Hall–Kier alpha value is -4.27. The van der Waals surface area contributed by atoms with Crippen LogP contribution in [0.5, 0.6) is 11.5 Å². The monoisotopic (exact) mass is 402 g/mol. The molecule has 0 atom stereocenters. The summed E-state index contributed by atoms with van der Waals surface area (Å²) >= 11 is 0. The second-order valence-corrected chi connectivity index (χ2v) is 6.44. The van der Waals surface area contributed by atoms with Gasteiger partial charge in [-0.25, -0.2) is 14.6 Å². The summed E-state index contributed by atoms with van der Waals surface area (Å²) < 4.78 is 6.80. The van der Waals surface area contributed by atoms with E-state index in [1.807, 2.05) is 18.2 Å². The lowest BCUT2D eigenvalue weighted by atomic mass is 10.2. The maximum Gasteiger partial charge on any atom is 0.278 e. The van der Waals surface area contributed by atoms with Crippen molar-refractivity contribution in [1.29, 1.82) is 0 Å². The SMILES string of the molecule is COc1cccc(-n2nnc(C(=O)Nc3cnc(-c4cccc(O)c4)nc3)c2C)c1. The van der Waals surface area contributed by atoms with Crippen LogP contribution in [0.4, 0.5) is 5.69 Å². The first-order valence-corrected chi connectivity index (χ1v) is 9.04. The zero-order valence-corrected chi connectivity index (χ0v) is 16.3. The molecule has 0 radical (unpaired) electrons. The molecule has 4 rings (SSSR count). The third kappa shape index (κ3) is 3.81. The summed E-state index contributed by atoms with van der Waals surface area (Å²) in [7, 11) is 1.58. The van der Waals surface area contributed by atoms with Crippen LogP contribution < -0.4 is 10.1 Å². The highest BCUT2D eigenvalue weighted by Crippen LogP contribution is 2.21. The van der Waals surface area contributed by atoms with Crippen molar-refractivity contribution in [2.75, 3.05) is 12.4 Å². The highest BCUT2D eigenvalue weighted by Gasteiger charge is 2.18. The van der Waals surface area contributed by atoms with E-state index in [1.165, 1.54) is 12.4 Å². The molecule has 30 heavy (non-hydrogen) atoms. The van der Waals surface area contributed by atoms with E-state index in [-0.39, 0.29) is 11.4 Å². The predicted octanol–water partition coefficient (Wildman–Crippen LogP) is 3.00. The van der Waals surface area contributed by atoms with Gasteiger partial charge < -0.3 is 15.2 Å². The van der Waals surface area contributed by atoms with Gasteiger partial charge in [-0.05, 0) is 31.2 Å².